The lowest BCUT2D eigenvalue weighted by Crippen LogP contribution is -2.23. The molecule has 2 atom stereocenters. The lowest BCUT2D eigenvalue weighted by molar-refractivity contribution is 0.0572. The fourth-order valence-electron chi connectivity index (χ4n) is 3.56. The predicted molar refractivity (Wildman–Crippen MR) is 103 cm³/mol. The van der Waals surface area contributed by atoms with E-state index in [1.807, 2.05) is 53.4 Å². The number of anilines is 1. The molecule has 0 aliphatic carbocycles. The van der Waals surface area contributed by atoms with E-state index < -0.39 is 12.2 Å². The lowest BCUT2D eigenvalue weighted by Gasteiger charge is -2.21. The Morgan fingerprint density at radius 2 is 1.78 bits per heavy atom. The predicted octanol–water partition coefficient (Wildman–Crippen LogP) is 2.32. The number of pyridine rings is 1. The van der Waals surface area contributed by atoms with Crippen LogP contribution in [0.25, 0.3) is 21.9 Å². The van der Waals surface area contributed by atoms with Gasteiger partial charge in [-0.15, -0.1) is 0 Å². The molecular formula is C21H19N3O3. The molecule has 27 heavy (non-hydrogen) atoms. The molecule has 2 aromatic carbocycles. The Hall–Kier alpha value is -3.14. The van der Waals surface area contributed by atoms with Crippen molar-refractivity contribution in [2.24, 2.45) is 0 Å². The van der Waals surface area contributed by atoms with Crippen molar-refractivity contribution < 1.29 is 14.9 Å². The maximum Gasteiger partial charge on any atom is 0.151 e. The zero-order valence-corrected chi connectivity index (χ0v) is 14.8. The number of hydrogen-bond acceptors (Lipinski definition) is 6. The van der Waals surface area contributed by atoms with Gasteiger partial charge in [-0.05, 0) is 29.1 Å². The Balaban J connectivity index is 2.01. The Morgan fingerprint density at radius 3 is 2.41 bits per heavy atom. The van der Waals surface area contributed by atoms with Gasteiger partial charge in [0.2, 0.25) is 0 Å². The van der Waals surface area contributed by atoms with Crippen molar-refractivity contribution in [3.8, 4) is 22.9 Å². The number of aliphatic hydroxyl groups excluding tert-OH is 2. The topological polar surface area (TPSA) is 89.6 Å². The molecule has 4 rings (SSSR count). The quantitative estimate of drug-likeness (QED) is 0.744. The molecule has 0 saturated carbocycles. The van der Waals surface area contributed by atoms with Crippen LogP contribution in [0.2, 0.25) is 0 Å². The normalized spacial score (nSPS) is 19.3. The molecule has 0 amide bonds. The highest BCUT2D eigenvalue weighted by molar-refractivity contribution is 6.04. The van der Waals surface area contributed by atoms with E-state index in [0.717, 1.165) is 21.9 Å². The monoisotopic (exact) mass is 361 g/mol. The smallest absolute Gasteiger partial charge is 0.151 e. The molecule has 1 aliphatic heterocycles. The van der Waals surface area contributed by atoms with Gasteiger partial charge in [0, 0.05) is 24.0 Å². The van der Waals surface area contributed by atoms with Gasteiger partial charge in [-0.3, -0.25) is 0 Å². The summed E-state index contributed by atoms with van der Waals surface area (Å²) in [5, 5.41) is 31.3. The fourth-order valence-corrected chi connectivity index (χ4v) is 3.56. The first kappa shape index (κ1) is 17.3. The number of fused-ring (bicyclic) bond motifs is 1. The van der Waals surface area contributed by atoms with Gasteiger partial charge in [0.15, 0.2) is 5.69 Å². The average molecular weight is 361 g/mol. The second kappa shape index (κ2) is 6.88. The highest BCUT2D eigenvalue weighted by atomic mass is 16.5. The van der Waals surface area contributed by atoms with Gasteiger partial charge in [-0.25, -0.2) is 4.98 Å². The van der Waals surface area contributed by atoms with E-state index in [-0.39, 0.29) is 13.1 Å². The molecule has 0 spiro atoms. The molecule has 2 N–H and O–H groups in total. The summed E-state index contributed by atoms with van der Waals surface area (Å²) < 4.78 is 5.39. The van der Waals surface area contributed by atoms with Crippen molar-refractivity contribution in [1.29, 1.82) is 5.26 Å². The molecule has 136 valence electrons. The van der Waals surface area contributed by atoms with E-state index in [4.69, 9.17) is 4.74 Å². The zero-order valence-electron chi connectivity index (χ0n) is 14.8. The number of nitriles is 1. The SMILES string of the molecule is COc1ccc2c(N3C[C@H](O)[C@@H](O)C3)nc(C#N)c(-c3ccccc3)c2c1. The summed E-state index contributed by atoms with van der Waals surface area (Å²) in [6, 6.07) is 17.5. The van der Waals surface area contributed by atoms with E-state index in [1.165, 1.54) is 0 Å². The maximum atomic E-state index is 9.94. The molecule has 3 aromatic rings. The Morgan fingerprint density at radius 1 is 1.07 bits per heavy atom. The van der Waals surface area contributed by atoms with Gasteiger partial charge in [0.05, 0.1) is 19.3 Å². The molecule has 0 radical (unpaired) electrons. The van der Waals surface area contributed by atoms with Crippen LogP contribution in [0.5, 0.6) is 5.75 Å². The van der Waals surface area contributed by atoms with Crippen LogP contribution in [0.4, 0.5) is 5.82 Å². The standard InChI is InChI=1S/C21H19N3O3/c1-27-14-7-8-15-16(9-14)20(13-5-3-2-4-6-13)17(10-22)23-21(15)24-11-18(25)19(26)12-24/h2-9,18-19,25-26H,11-12H2,1H3/t18-,19-/m0/s1. The summed E-state index contributed by atoms with van der Waals surface area (Å²) in [7, 11) is 1.60. The van der Waals surface area contributed by atoms with Gasteiger partial charge in [0.25, 0.3) is 0 Å². The minimum atomic E-state index is -0.834. The Bertz CT molecular complexity index is 1020. The Kier molecular flexibility index (Phi) is 4.40. The Labute approximate surface area is 156 Å². The number of rotatable bonds is 3. The van der Waals surface area contributed by atoms with Crippen molar-refractivity contribution in [2.75, 3.05) is 25.1 Å². The summed E-state index contributed by atoms with van der Waals surface area (Å²) in [4.78, 5) is 6.42. The molecule has 0 unspecified atom stereocenters. The van der Waals surface area contributed by atoms with Crippen molar-refractivity contribution in [1.82, 2.24) is 4.98 Å². The first-order valence-electron chi connectivity index (χ1n) is 8.70. The second-order valence-corrected chi connectivity index (χ2v) is 6.59. The molecule has 1 saturated heterocycles. The third-order valence-electron chi connectivity index (χ3n) is 4.92. The van der Waals surface area contributed by atoms with Crippen molar-refractivity contribution in [2.45, 2.75) is 12.2 Å². The van der Waals surface area contributed by atoms with Crippen LogP contribution in [0.3, 0.4) is 0 Å². The number of hydrogen-bond donors (Lipinski definition) is 2. The summed E-state index contributed by atoms with van der Waals surface area (Å²) in [6.07, 6.45) is -1.67. The van der Waals surface area contributed by atoms with E-state index >= 15 is 0 Å². The number of aliphatic hydroxyl groups is 2. The number of ether oxygens (including phenoxy) is 1. The fraction of sp³-hybridized carbons (Fsp3) is 0.238. The van der Waals surface area contributed by atoms with Gasteiger partial charge in [0.1, 0.15) is 17.6 Å². The van der Waals surface area contributed by atoms with Crippen molar-refractivity contribution in [3.05, 3.63) is 54.2 Å². The maximum absolute atomic E-state index is 9.94. The van der Waals surface area contributed by atoms with E-state index in [0.29, 0.717) is 17.3 Å². The van der Waals surface area contributed by atoms with Gasteiger partial charge >= 0.3 is 0 Å². The van der Waals surface area contributed by atoms with Crippen LogP contribution in [-0.2, 0) is 0 Å². The van der Waals surface area contributed by atoms with Crippen LogP contribution in [0.15, 0.2) is 48.5 Å². The van der Waals surface area contributed by atoms with Crippen LogP contribution in [-0.4, -0.2) is 47.6 Å². The number of benzene rings is 2. The molecule has 1 aromatic heterocycles. The van der Waals surface area contributed by atoms with Crippen LogP contribution >= 0.6 is 0 Å². The average Bonchev–Trinajstić information content (AvgIpc) is 3.05. The third-order valence-corrected chi connectivity index (χ3v) is 4.92. The number of β-amino-alcohol motifs (C(OH)–C–C–N with tert-alkyl or cyclic N) is 2. The number of methoxy groups -OCH3 is 1. The molecule has 6 heteroatoms. The van der Waals surface area contributed by atoms with Crippen LogP contribution < -0.4 is 9.64 Å². The summed E-state index contributed by atoms with van der Waals surface area (Å²) in [5.74, 6) is 1.27. The minimum absolute atomic E-state index is 0.269. The lowest BCUT2D eigenvalue weighted by atomic mass is 9.96. The molecule has 0 bridgehead atoms. The minimum Gasteiger partial charge on any atom is -0.497 e. The molecule has 2 heterocycles. The third kappa shape index (κ3) is 2.97. The second-order valence-electron chi connectivity index (χ2n) is 6.59. The van der Waals surface area contributed by atoms with Crippen LogP contribution in [0, 0.1) is 11.3 Å². The van der Waals surface area contributed by atoms with Crippen LogP contribution in [0.1, 0.15) is 5.69 Å². The zero-order chi connectivity index (χ0) is 19.0. The number of aromatic nitrogens is 1. The molecule has 6 nitrogen and oxygen atoms in total. The van der Waals surface area contributed by atoms with E-state index in [1.54, 1.807) is 7.11 Å². The van der Waals surface area contributed by atoms with E-state index in [9.17, 15) is 15.5 Å². The molecule has 1 fully saturated rings. The molecular weight excluding hydrogens is 342 g/mol. The molecule has 1 aliphatic rings. The van der Waals surface area contributed by atoms with Crippen molar-refractivity contribution in [3.63, 3.8) is 0 Å². The van der Waals surface area contributed by atoms with Gasteiger partial charge < -0.3 is 19.8 Å². The van der Waals surface area contributed by atoms with Gasteiger partial charge in [-0.2, -0.15) is 5.26 Å². The number of nitrogens with zero attached hydrogens (tertiary/aromatic N) is 3. The van der Waals surface area contributed by atoms with Gasteiger partial charge in [-0.1, -0.05) is 30.3 Å². The largest absolute Gasteiger partial charge is 0.497 e. The van der Waals surface area contributed by atoms with Crippen molar-refractivity contribution >= 4 is 16.6 Å². The summed E-state index contributed by atoms with van der Waals surface area (Å²) >= 11 is 0. The first-order valence-corrected chi connectivity index (χ1v) is 8.70. The highest BCUT2D eigenvalue weighted by Gasteiger charge is 2.32. The first-order chi connectivity index (χ1) is 13.1. The highest BCUT2D eigenvalue weighted by Crippen LogP contribution is 2.38. The van der Waals surface area contributed by atoms with E-state index in [2.05, 4.69) is 11.1 Å². The summed E-state index contributed by atoms with van der Waals surface area (Å²) in [6.45, 7) is 0.537. The summed E-state index contributed by atoms with van der Waals surface area (Å²) in [5.41, 5.74) is 1.94.